The fourth-order valence-corrected chi connectivity index (χ4v) is 2.22. The molecule has 0 aliphatic heterocycles. The average molecular weight is 310 g/mol. The maximum atomic E-state index is 13.7. The van der Waals surface area contributed by atoms with Gasteiger partial charge in [-0.15, -0.1) is 11.3 Å². The van der Waals surface area contributed by atoms with E-state index < -0.39 is 22.2 Å². The molecule has 1 heterocycles. The summed E-state index contributed by atoms with van der Waals surface area (Å²) in [6.45, 7) is 1.84. The number of nitro benzene ring substituents is 1. The number of methoxy groups -OCH3 is 1. The molecule has 1 aromatic heterocycles. The minimum absolute atomic E-state index is 0.237. The second-order valence-corrected chi connectivity index (χ2v) is 4.83. The lowest BCUT2D eigenvalue weighted by Crippen LogP contribution is -1.99. The maximum Gasteiger partial charge on any atom is 0.314 e. The van der Waals surface area contributed by atoms with Gasteiger partial charge in [0.1, 0.15) is 0 Å². The average Bonchev–Trinajstić information content (AvgIpc) is 2.83. The van der Waals surface area contributed by atoms with Gasteiger partial charge >= 0.3 is 5.69 Å². The summed E-state index contributed by atoms with van der Waals surface area (Å²) in [5.41, 5.74) is 3.30. The molecule has 21 heavy (non-hydrogen) atoms. The van der Waals surface area contributed by atoms with Crippen LogP contribution in [-0.2, 0) is 0 Å². The number of benzene rings is 1. The molecule has 0 spiro atoms. The van der Waals surface area contributed by atoms with Gasteiger partial charge < -0.3 is 4.74 Å². The summed E-state index contributed by atoms with van der Waals surface area (Å²) in [4.78, 5) is 14.3. The van der Waals surface area contributed by atoms with Crippen molar-refractivity contribution >= 4 is 28.4 Å². The number of rotatable bonds is 5. The van der Waals surface area contributed by atoms with Crippen LogP contribution < -0.4 is 10.2 Å². The summed E-state index contributed by atoms with van der Waals surface area (Å²) in [6, 6.07) is 2.28. The van der Waals surface area contributed by atoms with Crippen LogP contribution in [0.25, 0.3) is 0 Å². The zero-order chi connectivity index (χ0) is 15.4. The molecule has 0 aliphatic rings. The molecular weight excluding hydrogens is 299 g/mol. The molecule has 0 aliphatic carbocycles. The first-order chi connectivity index (χ1) is 10.0. The molecule has 7 nitrogen and oxygen atoms in total. The number of anilines is 1. The van der Waals surface area contributed by atoms with E-state index in [-0.39, 0.29) is 5.56 Å². The predicted molar refractivity (Wildman–Crippen MR) is 77.7 cm³/mol. The second-order valence-electron chi connectivity index (χ2n) is 3.98. The number of hydrazone groups is 1. The van der Waals surface area contributed by atoms with E-state index in [1.165, 1.54) is 30.7 Å². The molecule has 0 saturated heterocycles. The fourth-order valence-electron chi connectivity index (χ4n) is 1.58. The summed E-state index contributed by atoms with van der Waals surface area (Å²) in [5.74, 6) is -1.22. The van der Waals surface area contributed by atoms with Crippen molar-refractivity contribution in [2.75, 3.05) is 12.5 Å². The van der Waals surface area contributed by atoms with Crippen LogP contribution in [0.3, 0.4) is 0 Å². The molecule has 0 bridgehead atoms. The molecule has 0 atom stereocenters. The van der Waals surface area contributed by atoms with Gasteiger partial charge in [0.05, 0.1) is 23.9 Å². The monoisotopic (exact) mass is 310 g/mol. The minimum Gasteiger partial charge on any atom is -0.488 e. The Hall–Kier alpha value is -2.55. The molecule has 9 heteroatoms. The molecular formula is C12H11FN4O3S. The van der Waals surface area contributed by atoms with Gasteiger partial charge in [-0.1, -0.05) is 0 Å². The van der Waals surface area contributed by atoms with E-state index in [2.05, 4.69) is 20.2 Å². The number of aryl methyl sites for hydroxylation is 1. The summed E-state index contributed by atoms with van der Waals surface area (Å²) >= 11 is 1.36. The SMILES string of the molecule is COc1c(F)cc(C=NNc2nc(C)cs2)cc1[N+](=O)[O-]. The molecule has 2 aromatic rings. The molecule has 1 aromatic carbocycles. The summed E-state index contributed by atoms with van der Waals surface area (Å²) in [5, 5.41) is 17.2. The highest BCUT2D eigenvalue weighted by molar-refractivity contribution is 7.13. The van der Waals surface area contributed by atoms with Crippen molar-refractivity contribution in [2.24, 2.45) is 5.10 Å². The largest absolute Gasteiger partial charge is 0.488 e. The van der Waals surface area contributed by atoms with E-state index >= 15 is 0 Å². The normalized spacial score (nSPS) is 10.8. The molecule has 0 fully saturated rings. The van der Waals surface area contributed by atoms with Crippen LogP contribution >= 0.6 is 11.3 Å². The number of ether oxygens (including phenoxy) is 1. The Morgan fingerprint density at radius 1 is 1.57 bits per heavy atom. The van der Waals surface area contributed by atoms with Crippen molar-refractivity contribution in [1.82, 2.24) is 4.98 Å². The Morgan fingerprint density at radius 2 is 2.33 bits per heavy atom. The van der Waals surface area contributed by atoms with E-state index in [4.69, 9.17) is 0 Å². The Bertz CT molecular complexity index is 702. The van der Waals surface area contributed by atoms with Gasteiger partial charge in [0.2, 0.25) is 10.9 Å². The zero-order valence-corrected chi connectivity index (χ0v) is 12.0. The highest BCUT2D eigenvalue weighted by Gasteiger charge is 2.20. The van der Waals surface area contributed by atoms with Gasteiger partial charge in [-0.3, -0.25) is 15.5 Å². The number of thiazole rings is 1. The number of nitrogens with zero attached hydrogens (tertiary/aromatic N) is 3. The molecule has 110 valence electrons. The smallest absolute Gasteiger partial charge is 0.314 e. The standard InChI is InChI=1S/C12H11FN4O3S/c1-7-6-21-12(15-7)16-14-5-8-3-9(13)11(20-2)10(4-8)17(18)19/h3-6H,1-2H3,(H,15,16). The fraction of sp³-hybridized carbons (Fsp3) is 0.167. The van der Waals surface area contributed by atoms with Crippen molar-refractivity contribution in [1.29, 1.82) is 0 Å². The number of halogens is 1. The van der Waals surface area contributed by atoms with Gasteiger partial charge in [-0.2, -0.15) is 5.10 Å². The van der Waals surface area contributed by atoms with Gasteiger partial charge in [-0.05, 0) is 13.0 Å². The van der Waals surface area contributed by atoms with Gasteiger partial charge in [0.25, 0.3) is 0 Å². The van der Waals surface area contributed by atoms with Gasteiger partial charge in [0, 0.05) is 17.0 Å². The van der Waals surface area contributed by atoms with Crippen LogP contribution in [0.15, 0.2) is 22.6 Å². The number of hydrogen-bond acceptors (Lipinski definition) is 7. The van der Waals surface area contributed by atoms with Crippen LogP contribution in [0.5, 0.6) is 5.75 Å². The summed E-state index contributed by atoms with van der Waals surface area (Å²) < 4.78 is 18.4. The third kappa shape index (κ3) is 3.51. The van der Waals surface area contributed by atoms with Crippen LogP contribution in [0.1, 0.15) is 11.3 Å². The minimum atomic E-state index is -0.821. The first kappa shape index (κ1) is 14.9. The zero-order valence-electron chi connectivity index (χ0n) is 11.2. The third-order valence-electron chi connectivity index (χ3n) is 2.44. The van der Waals surface area contributed by atoms with Crippen LogP contribution in [0.2, 0.25) is 0 Å². The third-order valence-corrected chi connectivity index (χ3v) is 3.30. The van der Waals surface area contributed by atoms with Crippen LogP contribution in [0, 0.1) is 22.9 Å². The first-order valence-corrected chi connectivity index (χ1v) is 6.62. The maximum absolute atomic E-state index is 13.7. The van der Waals surface area contributed by atoms with Crippen molar-refractivity contribution < 1.29 is 14.1 Å². The molecule has 0 saturated carbocycles. The molecule has 0 amide bonds. The lowest BCUT2D eigenvalue weighted by molar-refractivity contribution is -0.386. The first-order valence-electron chi connectivity index (χ1n) is 5.74. The predicted octanol–water partition coefficient (Wildman–Crippen LogP) is 2.95. The Morgan fingerprint density at radius 3 is 2.90 bits per heavy atom. The highest BCUT2D eigenvalue weighted by Crippen LogP contribution is 2.30. The lowest BCUT2D eigenvalue weighted by Gasteiger charge is -2.03. The van der Waals surface area contributed by atoms with E-state index in [0.717, 1.165) is 11.8 Å². The van der Waals surface area contributed by atoms with Crippen LogP contribution in [-0.4, -0.2) is 23.2 Å². The molecule has 2 rings (SSSR count). The highest BCUT2D eigenvalue weighted by atomic mass is 32.1. The number of nitrogens with one attached hydrogen (secondary N) is 1. The summed E-state index contributed by atoms with van der Waals surface area (Å²) in [7, 11) is 1.17. The quantitative estimate of drug-likeness (QED) is 0.521. The Kier molecular flexibility index (Phi) is 4.43. The van der Waals surface area contributed by atoms with E-state index in [1.807, 2.05) is 12.3 Å². The number of aromatic nitrogens is 1. The lowest BCUT2D eigenvalue weighted by atomic mass is 10.2. The summed E-state index contributed by atoms with van der Waals surface area (Å²) in [6.07, 6.45) is 1.27. The van der Waals surface area contributed by atoms with Crippen molar-refractivity contribution in [3.05, 3.63) is 44.7 Å². The van der Waals surface area contributed by atoms with Crippen molar-refractivity contribution in [3.63, 3.8) is 0 Å². The molecule has 1 N–H and O–H groups in total. The van der Waals surface area contributed by atoms with Crippen molar-refractivity contribution in [2.45, 2.75) is 6.92 Å². The number of nitro groups is 1. The van der Waals surface area contributed by atoms with Crippen LogP contribution in [0.4, 0.5) is 15.2 Å². The van der Waals surface area contributed by atoms with E-state index in [0.29, 0.717) is 5.13 Å². The van der Waals surface area contributed by atoms with Gasteiger partial charge in [-0.25, -0.2) is 9.37 Å². The second kappa shape index (κ2) is 6.27. The van der Waals surface area contributed by atoms with E-state index in [9.17, 15) is 14.5 Å². The van der Waals surface area contributed by atoms with Crippen molar-refractivity contribution in [3.8, 4) is 5.75 Å². The molecule has 0 radical (unpaired) electrons. The Labute approximate surface area is 123 Å². The van der Waals surface area contributed by atoms with E-state index in [1.54, 1.807) is 0 Å². The topological polar surface area (TPSA) is 89.7 Å². The number of hydrogen-bond donors (Lipinski definition) is 1. The molecule has 0 unspecified atom stereocenters. The Balaban J connectivity index is 2.22. The van der Waals surface area contributed by atoms with Gasteiger partial charge in [0.15, 0.2) is 5.82 Å².